The van der Waals surface area contributed by atoms with Crippen LogP contribution in [0, 0.1) is 11.8 Å². The Labute approximate surface area is 159 Å². The van der Waals surface area contributed by atoms with E-state index >= 15 is 0 Å². The van der Waals surface area contributed by atoms with Gasteiger partial charge in [0.05, 0.1) is 18.6 Å². The van der Waals surface area contributed by atoms with Crippen molar-refractivity contribution in [1.82, 2.24) is 14.5 Å². The molecule has 1 aromatic carbocycles. The summed E-state index contributed by atoms with van der Waals surface area (Å²) in [5.74, 6) is 0.762. The number of carbonyl (C=O) groups excluding carboxylic acids is 2. The Kier molecular flexibility index (Phi) is 5.71. The van der Waals surface area contributed by atoms with Gasteiger partial charge in [-0.15, -0.1) is 0 Å². The molecule has 1 N–H and O–H groups in total. The average Bonchev–Trinajstić information content (AvgIpc) is 3.42. The topological polar surface area (TPSA) is 96.0 Å². The van der Waals surface area contributed by atoms with Crippen molar-refractivity contribution in [3.05, 3.63) is 24.3 Å². The van der Waals surface area contributed by atoms with Crippen LogP contribution in [0.25, 0.3) is 0 Å². The molecule has 148 valence electrons. The first kappa shape index (κ1) is 19.6. The Bertz CT molecular complexity index is 801. The maximum Gasteiger partial charge on any atom is 0.243 e. The zero-order valence-corrected chi connectivity index (χ0v) is 16.4. The van der Waals surface area contributed by atoms with E-state index in [0.29, 0.717) is 24.8 Å². The predicted molar refractivity (Wildman–Crippen MR) is 98.6 cm³/mol. The summed E-state index contributed by atoms with van der Waals surface area (Å²) in [6.45, 7) is 3.05. The van der Waals surface area contributed by atoms with Crippen molar-refractivity contribution in [2.24, 2.45) is 11.8 Å². The average molecular weight is 395 g/mol. The molecule has 1 heterocycles. The summed E-state index contributed by atoms with van der Waals surface area (Å²) in [7, 11) is -2.08. The molecule has 0 spiro atoms. The Morgan fingerprint density at radius 1 is 1.15 bits per heavy atom. The Hall–Kier alpha value is -2.13. The highest BCUT2D eigenvalue weighted by Crippen LogP contribution is 2.37. The first-order valence-corrected chi connectivity index (χ1v) is 10.5. The van der Waals surface area contributed by atoms with Crippen molar-refractivity contribution >= 4 is 21.8 Å². The third-order valence-corrected chi connectivity index (χ3v) is 7.06. The number of sulfonamides is 1. The smallest absolute Gasteiger partial charge is 0.243 e. The molecule has 2 atom stereocenters. The molecular weight excluding hydrogens is 370 g/mol. The van der Waals surface area contributed by atoms with Gasteiger partial charge in [-0.05, 0) is 36.6 Å². The number of ether oxygens (including phenoxy) is 1. The first-order valence-electron chi connectivity index (χ1n) is 9.02. The monoisotopic (exact) mass is 395 g/mol. The summed E-state index contributed by atoms with van der Waals surface area (Å²) in [6, 6.07) is 6.24. The van der Waals surface area contributed by atoms with E-state index < -0.39 is 10.0 Å². The number of benzene rings is 1. The third kappa shape index (κ3) is 4.41. The summed E-state index contributed by atoms with van der Waals surface area (Å²) in [6.07, 6.45) is 0.877. The quantitative estimate of drug-likeness (QED) is 0.747. The molecule has 2 aliphatic rings. The van der Waals surface area contributed by atoms with Gasteiger partial charge in [0.1, 0.15) is 5.75 Å². The van der Waals surface area contributed by atoms with Crippen molar-refractivity contribution in [3.8, 4) is 5.75 Å². The molecule has 8 nitrogen and oxygen atoms in total. The molecule has 3 rings (SSSR count). The predicted octanol–water partition coefficient (Wildman–Crippen LogP) is 0.300. The molecule has 0 unspecified atom stereocenters. The summed E-state index contributed by atoms with van der Waals surface area (Å²) < 4.78 is 31.9. The number of piperazine rings is 1. The fourth-order valence-corrected chi connectivity index (χ4v) is 4.59. The number of methoxy groups -OCH3 is 1. The van der Waals surface area contributed by atoms with Crippen molar-refractivity contribution in [2.45, 2.75) is 18.2 Å². The fraction of sp³-hybridized carbons (Fsp3) is 0.556. The molecule has 0 aromatic heterocycles. The van der Waals surface area contributed by atoms with E-state index in [4.69, 9.17) is 4.74 Å². The van der Waals surface area contributed by atoms with Crippen molar-refractivity contribution in [3.63, 3.8) is 0 Å². The second kappa shape index (κ2) is 7.85. The molecule has 0 radical (unpaired) electrons. The zero-order chi connectivity index (χ0) is 19.6. The molecule has 2 amide bonds. The SMILES string of the molecule is COc1ccc(S(=O)(=O)N2CCN(C(=O)CNC(=O)[C@@H]3C[C@@H]3C)CC2)cc1. The van der Waals surface area contributed by atoms with E-state index in [1.807, 2.05) is 6.92 Å². The number of hydrogen-bond acceptors (Lipinski definition) is 5. The molecule has 1 saturated heterocycles. The van der Waals surface area contributed by atoms with Crippen LogP contribution in [0.2, 0.25) is 0 Å². The molecule has 1 aromatic rings. The minimum Gasteiger partial charge on any atom is -0.497 e. The van der Waals surface area contributed by atoms with Gasteiger partial charge in [0.2, 0.25) is 21.8 Å². The van der Waals surface area contributed by atoms with Crippen LogP contribution in [0.1, 0.15) is 13.3 Å². The summed E-state index contributed by atoms with van der Waals surface area (Å²) in [4.78, 5) is 25.9. The highest BCUT2D eigenvalue weighted by atomic mass is 32.2. The van der Waals surface area contributed by atoms with Crippen LogP contribution in [0.3, 0.4) is 0 Å². The summed E-state index contributed by atoms with van der Waals surface area (Å²) >= 11 is 0. The molecule has 1 saturated carbocycles. The van der Waals surface area contributed by atoms with Crippen LogP contribution in [-0.2, 0) is 19.6 Å². The maximum absolute atomic E-state index is 12.7. The van der Waals surface area contributed by atoms with Gasteiger partial charge in [0.15, 0.2) is 0 Å². The van der Waals surface area contributed by atoms with Crippen LogP contribution < -0.4 is 10.1 Å². The van der Waals surface area contributed by atoms with Gasteiger partial charge in [0, 0.05) is 32.1 Å². The Balaban J connectivity index is 1.51. The van der Waals surface area contributed by atoms with E-state index in [1.165, 1.54) is 23.5 Å². The second-order valence-electron chi connectivity index (χ2n) is 7.00. The molecule has 1 aliphatic heterocycles. The standard InChI is InChI=1S/C18H25N3O5S/c1-13-11-16(13)18(23)19-12-17(22)20-7-9-21(10-8-20)27(24,25)15-5-3-14(26-2)4-6-15/h3-6,13,16H,7-12H2,1-2H3,(H,19,23)/t13-,16+/m0/s1. The summed E-state index contributed by atoms with van der Waals surface area (Å²) in [5, 5.41) is 2.68. The van der Waals surface area contributed by atoms with Gasteiger partial charge in [0.25, 0.3) is 0 Å². The normalized spacial score (nSPS) is 23.0. The number of nitrogens with zero attached hydrogens (tertiary/aromatic N) is 2. The zero-order valence-electron chi connectivity index (χ0n) is 15.6. The van der Waals surface area contributed by atoms with Gasteiger partial charge in [-0.25, -0.2) is 8.42 Å². The van der Waals surface area contributed by atoms with E-state index in [1.54, 1.807) is 17.0 Å². The van der Waals surface area contributed by atoms with Crippen LogP contribution in [0.5, 0.6) is 5.75 Å². The highest BCUT2D eigenvalue weighted by Gasteiger charge is 2.39. The van der Waals surface area contributed by atoms with E-state index in [9.17, 15) is 18.0 Å². The Morgan fingerprint density at radius 3 is 2.26 bits per heavy atom. The molecule has 0 bridgehead atoms. The van der Waals surface area contributed by atoms with Crippen LogP contribution in [-0.4, -0.2) is 69.3 Å². The van der Waals surface area contributed by atoms with E-state index in [-0.39, 0.29) is 42.3 Å². The Morgan fingerprint density at radius 2 is 1.74 bits per heavy atom. The van der Waals surface area contributed by atoms with Crippen LogP contribution >= 0.6 is 0 Å². The molecule has 9 heteroatoms. The lowest BCUT2D eigenvalue weighted by Gasteiger charge is -2.34. The van der Waals surface area contributed by atoms with E-state index in [0.717, 1.165) is 6.42 Å². The number of rotatable bonds is 6. The lowest BCUT2D eigenvalue weighted by Crippen LogP contribution is -2.52. The highest BCUT2D eigenvalue weighted by molar-refractivity contribution is 7.89. The lowest BCUT2D eigenvalue weighted by molar-refractivity contribution is -0.134. The summed E-state index contributed by atoms with van der Waals surface area (Å²) in [5.41, 5.74) is 0. The third-order valence-electron chi connectivity index (χ3n) is 5.15. The number of nitrogens with one attached hydrogen (secondary N) is 1. The van der Waals surface area contributed by atoms with Gasteiger partial charge < -0.3 is 15.0 Å². The minimum atomic E-state index is -3.60. The van der Waals surface area contributed by atoms with Crippen molar-refractivity contribution in [2.75, 3.05) is 39.8 Å². The maximum atomic E-state index is 12.7. The lowest BCUT2D eigenvalue weighted by atomic mass is 10.3. The van der Waals surface area contributed by atoms with Crippen LogP contribution in [0.15, 0.2) is 29.2 Å². The molecule has 2 fully saturated rings. The van der Waals surface area contributed by atoms with Gasteiger partial charge in [-0.1, -0.05) is 6.92 Å². The second-order valence-corrected chi connectivity index (χ2v) is 8.94. The van der Waals surface area contributed by atoms with Gasteiger partial charge in [-0.3, -0.25) is 9.59 Å². The van der Waals surface area contributed by atoms with Crippen molar-refractivity contribution in [1.29, 1.82) is 0 Å². The largest absolute Gasteiger partial charge is 0.497 e. The van der Waals surface area contributed by atoms with Gasteiger partial charge >= 0.3 is 0 Å². The molecular formula is C18H25N3O5S. The van der Waals surface area contributed by atoms with Gasteiger partial charge in [-0.2, -0.15) is 4.31 Å². The molecule has 27 heavy (non-hydrogen) atoms. The minimum absolute atomic E-state index is 0.0317. The first-order chi connectivity index (χ1) is 12.8. The fourth-order valence-electron chi connectivity index (χ4n) is 3.17. The van der Waals surface area contributed by atoms with Crippen LogP contribution in [0.4, 0.5) is 0 Å². The van der Waals surface area contributed by atoms with E-state index in [2.05, 4.69) is 5.32 Å². The van der Waals surface area contributed by atoms with Crippen molar-refractivity contribution < 1.29 is 22.7 Å². The number of amides is 2. The number of carbonyl (C=O) groups is 2. The molecule has 1 aliphatic carbocycles. The number of hydrogen-bond donors (Lipinski definition) is 1.